The Morgan fingerprint density at radius 2 is 2.22 bits per heavy atom. The van der Waals surface area contributed by atoms with E-state index in [9.17, 15) is 9.90 Å². The smallest absolute Gasteiger partial charge is 0.268 e. The number of nitrogens with zero attached hydrogens (tertiary/aromatic N) is 2. The molecule has 4 N–H and O–H groups in total. The van der Waals surface area contributed by atoms with E-state index in [1.807, 2.05) is 6.07 Å². The van der Waals surface area contributed by atoms with Gasteiger partial charge >= 0.3 is 0 Å². The molecule has 1 unspecified atom stereocenters. The summed E-state index contributed by atoms with van der Waals surface area (Å²) in [6.07, 6.45) is 4.11. The number of carbonyl (C=O) groups is 1. The number of amides is 1. The van der Waals surface area contributed by atoms with Gasteiger partial charge in [0.25, 0.3) is 5.91 Å². The van der Waals surface area contributed by atoms with Gasteiger partial charge in [-0.05, 0) is 30.2 Å². The largest absolute Gasteiger partial charge is 0.394 e. The summed E-state index contributed by atoms with van der Waals surface area (Å²) in [6, 6.07) is 8.26. The summed E-state index contributed by atoms with van der Waals surface area (Å²) < 4.78 is 0. The fraction of sp³-hybridized carbons (Fsp3) is 0.211. The SMILES string of the molecule is O=C(NC(CO)c1cccc(Cl)c1)c1cc(-c2ncnc3c2CCN3)c[nH]1. The van der Waals surface area contributed by atoms with Gasteiger partial charge in [0.1, 0.15) is 17.8 Å². The van der Waals surface area contributed by atoms with E-state index in [0.29, 0.717) is 10.7 Å². The minimum absolute atomic E-state index is 0.231. The highest BCUT2D eigenvalue weighted by molar-refractivity contribution is 6.30. The van der Waals surface area contributed by atoms with Crippen LogP contribution >= 0.6 is 11.6 Å². The summed E-state index contributed by atoms with van der Waals surface area (Å²) in [5, 5.41) is 16.2. The lowest BCUT2D eigenvalue weighted by molar-refractivity contribution is 0.0912. The number of H-pyrrole nitrogens is 1. The van der Waals surface area contributed by atoms with Crippen molar-refractivity contribution in [2.75, 3.05) is 18.5 Å². The number of aliphatic hydroxyl groups is 1. The maximum Gasteiger partial charge on any atom is 0.268 e. The quantitative estimate of drug-likeness (QED) is 0.542. The Morgan fingerprint density at radius 3 is 3.04 bits per heavy atom. The van der Waals surface area contributed by atoms with Gasteiger partial charge in [0.05, 0.1) is 18.3 Å². The van der Waals surface area contributed by atoms with Crippen LogP contribution in [0.4, 0.5) is 5.82 Å². The Morgan fingerprint density at radius 1 is 1.33 bits per heavy atom. The maximum atomic E-state index is 12.6. The summed E-state index contributed by atoms with van der Waals surface area (Å²) >= 11 is 6.00. The number of halogens is 1. The van der Waals surface area contributed by atoms with Crippen molar-refractivity contribution in [3.8, 4) is 11.3 Å². The zero-order valence-electron chi connectivity index (χ0n) is 14.4. The average molecular weight is 384 g/mol. The Balaban J connectivity index is 1.55. The van der Waals surface area contributed by atoms with Crippen molar-refractivity contribution in [3.05, 3.63) is 64.7 Å². The molecular weight excluding hydrogens is 366 g/mol. The van der Waals surface area contributed by atoms with Crippen LogP contribution in [-0.4, -0.2) is 39.1 Å². The number of hydrogen-bond donors (Lipinski definition) is 4. The van der Waals surface area contributed by atoms with Crippen LogP contribution in [0.3, 0.4) is 0 Å². The number of rotatable bonds is 5. The molecule has 3 aromatic rings. The van der Waals surface area contributed by atoms with Gasteiger partial charge in [-0.1, -0.05) is 23.7 Å². The first kappa shape index (κ1) is 17.5. The van der Waals surface area contributed by atoms with Gasteiger partial charge in [0.15, 0.2) is 0 Å². The summed E-state index contributed by atoms with van der Waals surface area (Å²) in [5.74, 6) is 0.526. The molecule has 7 nitrogen and oxygen atoms in total. The zero-order chi connectivity index (χ0) is 18.8. The van der Waals surface area contributed by atoms with E-state index in [2.05, 4.69) is 25.6 Å². The van der Waals surface area contributed by atoms with E-state index in [0.717, 1.165) is 41.2 Å². The molecule has 27 heavy (non-hydrogen) atoms. The van der Waals surface area contributed by atoms with Gasteiger partial charge in [-0.15, -0.1) is 0 Å². The molecule has 0 bridgehead atoms. The van der Waals surface area contributed by atoms with E-state index in [4.69, 9.17) is 11.6 Å². The number of aliphatic hydroxyl groups excluding tert-OH is 1. The van der Waals surface area contributed by atoms with Gasteiger partial charge in [-0.2, -0.15) is 0 Å². The first-order chi connectivity index (χ1) is 13.2. The number of benzene rings is 1. The molecule has 3 heterocycles. The van der Waals surface area contributed by atoms with Crippen LogP contribution in [0.2, 0.25) is 5.02 Å². The number of anilines is 1. The molecule has 1 aliphatic rings. The second-order valence-corrected chi connectivity index (χ2v) is 6.73. The number of fused-ring (bicyclic) bond motifs is 1. The number of carbonyl (C=O) groups excluding carboxylic acids is 1. The average Bonchev–Trinajstić information content (AvgIpc) is 3.35. The van der Waals surface area contributed by atoms with Crippen LogP contribution in [0.1, 0.15) is 27.7 Å². The molecule has 0 fully saturated rings. The number of aromatic amines is 1. The second-order valence-electron chi connectivity index (χ2n) is 6.29. The molecule has 1 aromatic carbocycles. The van der Waals surface area contributed by atoms with Crippen molar-refractivity contribution in [3.63, 3.8) is 0 Å². The van der Waals surface area contributed by atoms with Crippen molar-refractivity contribution in [1.82, 2.24) is 20.3 Å². The number of nitrogens with one attached hydrogen (secondary N) is 3. The third kappa shape index (κ3) is 3.51. The highest BCUT2D eigenvalue weighted by Crippen LogP contribution is 2.29. The van der Waals surface area contributed by atoms with Crippen LogP contribution in [0.5, 0.6) is 0 Å². The first-order valence-corrected chi connectivity index (χ1v) is 8.97. The normalized spacial score (nSPS) is 13.7. The third-order valence-corrected chi connectivity index (χ3v) is 4.79. The predicted octanol–water partition coefficient (Wildman–Crippen LogP) is 2.56. The lowest BCUT2D eigenvalue weighted by Crippen LogP contribution is -2.31. The summed E-state index contributed by atoms with van der Waals surface area (Å²) in [4.78, 5) is 24.2. The molecule has 0 saturated heterocycles. The molecule has 1 aliphatic heterocycles. The van der Waals surface area contributed by atoms with Crippen molar-refractivity contribution >= 4 is 23.3 Å². The van der Waals surface area contributed by atoms with E-state index in [1.165, 1.54) is 6.33 Å². The molecule has 138 valence electrons. The molecular formula is C19H18ClN5O2. The van der Waals surface area contributed by atoms with E-state index < -0.39 is 6.04 Å². The van der Waals surface area contributed by atoms with Crippen LogP contribution < -0.4 is 10.6 Å². The van der Waals surface area contributed by atoms with Gasteiger partial charge in [0.2, 0.25) is 0 Å². The topological polar surface area (TPSA) is 103 Å². The zero-order valence-corrected chi connectivity index (χ0v) is 15.1. The molecule has 0 aliphatic carbocycles. The summed E-state index contributed by atoms with van der Waals surface area (Å²) in [5.41, 5.74) is 3.82. The fourth-order valence-corrected chi connectivity index (χ4v) is 3.41. The molecule has 0 spiro atoms. The molecule has 8 heteroatoms. The highest BCUT2D eigenvalue weighted by atomic mass is 35.5. The van der Waals surface area contributed by atoms with Crippen molar-refractivity contribution in [1.29, 1.82) is 0 Å². The number of hydrogen-bond acceptors (Lipinski definition) is 5. The molecule has 2 aromatic heterocycles. The van der Waals surface area contributed by atoms with Gasteiger partial charge in [0, 0.05) is 28.9 Å². The Labute approximate surface area is 160 Å². The number of aromatic nitrogens is 3. The lowest BCUT2D eigenvalue weighted by Gasteiger charge is -2.16. The van der Waals surface area contributed by atoms with Crippen LogP contribution in [0.25, 0.3) is 11.3 Å². The van der Waals surface area contributed by atoms with Crippen LogP contribution in [0, 0.1) is 0 Å². The summed E-state index contributed by atoms with van der Waals surface area (Å²) in [7, 11) is 0. The van der Waals surface area contributed by atoms with Crippen LogP contribution in [0.15, 0.2) is 42.9 Å². The van der Waals surface area contributed by atoms with E-state index >= 15 is 0 Å². The molecule has 1 atom stereocenters. The molecule has 0 saturated carbocycles. The van der Waals surface area contributed by atoms with Gasteiger partial charge < -0.3 is 20.7 Å². The maximum absolute atomic E-state index is 12.6. The fourth-order valence-electron chi connectivity index (χ4n) is 3.21. The minimum atomic E-state index is -0.546. The van der Waals surface area contributed by atoms with Crippen molar-refractivity contribution < 1.29 is 9.90 Å². The minimum Gasteiger partial charge on any atom is -0.394 e. The Kier molecular flexibility index (Phi) is 4.79. The van der Waals surface area contributed by atoms with E-state index in [1.54, 1.807) is 30.5 Å². The first-order valence-electron chi connectivity index (χ1n) is 8.59. The molecule has 1 amide bonds. The monoisotopic (exact) mass is 383 g/mol. The summed E-state index contributed by atoms with van der Waals surface area (Å²) in [6.45, 7) is 0.599. The lowest BCUT2D eigenvalue weighted by atomic mass is 10.1. The van der Waals surface area contributed by atoms with Crippen LogP contribution in [-0.2, 0) is 6.42 Å². The molecule has 0 radical (unpaired) electrons. The van der Waals surface area contributed by atoms with Gasteiger partial charge in [-0.25, -0.2) is 9.97 Å². The molecule has 4 rings (SSSR count). The third-order valence-electron chi connectivity index (χ3n) is 4.55. The Bertz CT molecular complexity index is 988. The predicted molar refractivity (Wildman–Crippen MR) is 103 cm³/mol. The van der Waals surface area contributed by atoms with Crippen molar-refractivity contribution in [2.45, 2.75) is 12.5 Å². The van der Waals surface area contributed by atoms with Gasteiger partial charge in [-0.3, -0.25) is 4.79 Å². The second kappa shape index (κ2) is 7.38. The van der Waals surface area contributed by atoms with Crippen molar-refractivity contribution in [2.24, 2.45) is 0 Å². The standard InChI is InChI=1S/C19H18ClN5O2/c20-13-3-1-2-11(6-13)16(9-26)25-19(27)15-7-12(8-22-15)17-14-4-5-21-18(14)24-10-23-17/h1-3,6-8,10,16,22,26H,4-5,9H2,(H,25,27)(H,21,23,24). The van der Waals surface area contributed by atoms with E-state index in [-0.39, 0.29) is 12.5 Å². The Hall–Kier alpha value is -2.90. The highest BCUT2D eigenvalue weighted by Gasteiger charge is 2.21.